The summed E-state index contributed by atoms with van der Waals surface area (Å²) in [6.45, 7) is 2.98. The molecular weight excluding hydrogens is 403 g/mol. The highest BCUT2D eigenvalue weighted by molar-refractivity contribution is 9.10. The fourth-order valence-electron chi connectivity index (χ4n) is 2.92. The third-order valence-electron chi connectivity index (χ3n) is 4.07. The number of amides is 1. The van der Waals surface area contributed by atoms with Crippen molar-refractivity contribution in [2.45, 2.75) is 20.1 Å². The lowest BCUT2D eigenvalue weighted by molar-refractivity contribution is -0.117. The van der Waals surface area contributed by atoms with Gasteiger partial charge in [0, 0.05) is 27.8 Å². The van der Waals surface area contributed by atoms with Gasteiger partial charge in [0.05, 0.1) is 13.2 Å². The maximum atomic E-state index is 13.8. The van der Waals surface area contributed by atoms with Crippen LogP contribution < -0.4 is 10.1 Å². The van der Waals surface area contributed by atoms with E-state index in [4.69, 9.17) is 9.47 Å². The molecule has 1 heterocycles. The lowest BCUT2D eigenvalue weighted by atomic mass is 10.1. The molecule has 0 aliphatic carbocycles. The first-order chi connectivity index (χ1) is 12.4. The third kappa shape index (κ3) is 4.60. The van der Waals surface area contributed by atoms with Gasteiger partial charge in [-0.05, 0) is 49.9 Å². The van der Waals surface area contributed by atoms with Gasteiger partial charge in [0.15, 0.2) is 6.79 Å². The lowest BCUT2D eigenvalue weighted by Gasteiger charge is -2.23. The zero-order valence-corrected chi connectivity index (χ0v) is 16.2. The average molecular weight is 423 g/mol. The van der Waals surface area contributed by atoms with Crippen LogP contribution in [0.5, 0.6) is 5.75 Å². The molecule has 3 rings (SSSR count). The highest BCUT2D eigenvalue weighted by Gasteiger charge is 2.19. The molecule has 2 aromatic rings. The van der Waals surface area contributed by atoms with E-state index in [0.717, 1.165) is 15.7 Å². The molecule has 1 amide bonds. The maximum Gasteiger partial charge on any atom is 0.238 e. The molecule has 0 fully saturated rings. The van der Waals surface area contributed by atoms with Gasteiger partial charge >= 0.3 is 0 Å². The molecule has 0 saturated heterocycles. The first-order valence-electron chi connectivity index (χ1n) is 8.19. The first kappa shape index (κ1) is 18.8. The van der Waals surface area contributed by atoms with Crippen LogP contribution in [0.15, 0.2) is 34.8 Å². The van der Waals surface area contributed by atoms with Crippen molar-refractivity contribution in [1.82, 2.24) is 4.90 Å². The fourth-order valence-corrected chi connectivity index (χ4v) is 3.40. The molecule has 1 aliphatic rings. The van der Waals surface area contributed by atoms with Crippen molar-refractivity contribution in [3.63, 3.8) is 0 Å². The van der Waals surface area contributed by atoms with E-state index in [2.05, 4.69) is 21.2 Å². The van der Waals surface area contributed by atoms with Crippen LogP contribution in [0.25, 0.3) is 0 Å². The van der Waals surface area contributed by atoms with E-state index in [1.54, 1.807) is 0 Å². The van der Waals surface area contributed by atoms with Gasteiger partial charge in [-0.25, -0.2) is 4.39 Å². The molecule has 0 bridgehead atoms. The van der Waals surface area contributed by atoms with E-state index in [1.807, 2.05) is 37.1 Å². The van der Waals surface area contributed by atoms with Crippen LogP contribution >= 0.6 is 15.9 Å². The summed E-state index contributed by atoms with van der Waals surface area (Å²) in [5.41, 5.74) is 3.14. The van der Waals surface area contributed by atoms with E-state index in [-0.39, 0.29) is 25.1 Å². The lowest BCUT2D eigenvalue weighted by Crippen LogP contribution is -2.30. The standard InChI is InChI=1S/C19H20BrFN2O3/c1-12-5-15(20)3-4-17(12)22-18(24)9-23(2)8-13-6-16(21)7-14-10-25-11-26-19(13)14/h3-7H,8-11H2,1-2H3,(H,22,24). The molecule has 0 unspecified atom stereocenters. The fraction of sp³-hybridized carbons (Fsp3) is 0.316. The zero-order chi connectivity index (χ0) is 18.7. The molecule has 0 saturated carbocycles. The monoisotopic (exact) mass is 422 g/mol. The van der Waals surface area contributed by atoms with Crippen LogP contribution in [0.2, 0.25) is 0 Å². The first-order valence-corrected chi connectivity index (χ1v) is 8.98. The van der Waals surface area contributed by atoms with Gasteiger partial charge in [-0.1, -0.05) is 15.9 Å². The van der Waals surface area contributed by atoms with E-state index < -0.39 is 0 Å². The van der Waals surface area contributed by atoms with Crippen LogP contribution in [0.3, 0.4) is 0 Å². The van der Waals surface area contributed by atoms with Gasteiger partial charge in [0.1, 0.15) is 11.6 Å². The number of anilines is 1. The molecule has 1 N–H and O–H groups in total. The molecule has 1 aliphatic heterocycles. The average Bonchev–Trinajstić information content (AvgIpc) is 2.57. The Labute approximate surface area is 160 Å². The maximum absolute atomic E-state index is 13.8. The second-order valence-corrected chi connectivity index (χ2v) is 7.26. The molecule has 5 nitrogen and oxygen atoms in total. The van der Waals surface area contributed by atoms with Gasteiger partial charge in [-0.2, -0.15) is 0 Å². The number of hydrogen-bond donors (Lipinski definition) is 1. The summed E-state index contributed by atoms with van der Waals surface area (Å²) >= 11 is 3.40. The second kappa shape index (κ2) is 8.16. The third-order valence-corrected chi connectivity index (χ3v) is 4.56. The largest absolute Gasteiger partial charge is 0.467 e. The number of hydrogen-bond acceptors (Lipinski definition) is 4. The van der Waals surface area contributed by atoms with Gasteiger partial charge < -0.3 is 14.8 Å². The number of rotatable bonds is 5. The molecule has 26 heavy (non-hydrogen) atoms. The highest BCUT2D eigenvalue weighted by atomic mass is 79.9. The van der Waals surface area contributed by atoms with E-state index in [9.17, 15) is 9.18 Å². The topological polar surface area (TPSA) is 50.8 Å². The van der Waals surface area contributed by atoms with E-state index in [0.29, 0.717) is 30.0 Å². The van der Waals surface area contributed by atoms with Crippen LogP contribution in [-0.4, -0.2) is 31.2 Å². The molecule has 138 valence electrons. The van der Waals surface area contributed by atoms with Crippen molar-refractivity contribution in [3.05, 3.63) is 57.3 Å². The molecular formula is C19H20BrFN2O3. The van der Waals surface area contributed by atoms with E-state index >= 15 is 0 Å². The Morgan fingerprint density at radius 2 is 2.15 bits per heavy atom. The number of ether oxygens (including phenoxy) is 2. The zero-order valence-electron chi connectivity index (χ0n) is 14.6. The predicted octanol–water partition coefficient (Wildman–Crippen LogP) is 3.83. The Balaban J connectivity index is 1.64. The van der Waals surface area contributed by atoms with E-state index in [1.165, 1.54) is 12.1 Å². The number of benzene rings is 2. The Hall–Kier alpha value is -1.96. The molecule has 0 spiro atoms. The normalized spacial score (nSPS) is 13.3. The summed E-state index contributed by atoms with van der Waals surface area (Å²) in [5, 5.41) is 2.90. The van der Waals surface area contributed by atoms with Crippen molar-refractivity contribution in [1.29, 1.82) is 0 Å². The van der Waals surface area contributed by atoms with Gasteiger partial charge in [0.25, 0.3) is 0 Å². The Bertz CT molecular complexity index is 829. The Morgan fingerprint density at radius 3 is 2.92 bits per heavy atom. The number of aryl methyl sites for hydroxylation is 1. The minimum atomic E-state index is -0.337. The SMILES string of the molecule is Cc1cc(Br)ccc1NC(=O)CN(C)Cc1cc(F)cc2c1OCOC2. The summed E-state index contributed by atoms with van der Waals surface area (Å²) in [6, 6.07) is 8.54. The highest BCUT2D eigenvalue weighted by Crippen LogP contribution is 2.30. The van der Waals surface area contributed by atoms with Crippen molar-refractivity contribution in [3.8, 4) is 5.75 Å². The minimum Gasteiger partial charge on any atom is -0.467 e. The van der Waals surface area contributed by atoms with Gasteiger partial charge in [0.2, 0.25) is 5.91 Å². The molecule has 0 aromatic heterocycles. The van der Waals surface area contributed by atoms with Crippen molar-refractivity contribution in [2.24, 2.45) is 0 Å². The van der Waals surface area contributed by atoms with Gasteiger partial charge in [-0.15, -0.1) is 0 Å². The number of nitrogens with one attached hydrogen (secondary N) is 1. The number of likely N-dealkylation sites (N-methyl/N-ethyl adjacent to an activating group) is 1. The number of carbonyl (C=O) groups excluding carboxylic acids is 1. The number of halogens is 2. The summed E-state index contributed by atoms with van der Waals surface area (Å²) in [4.78, 5) is 14.1. The van der Waals surface area contributed by atoms with Crippen LogP contribution in [-0.2, 0) is 22.7 Å². The summed E-state index contributed by atoms with van der Waals surface area (Å²) in [5.74, 6) is 0.178. The quantitative estimate of drug-likeness (QED) is 0.795. The van der Waals surface area contributed by atoms with Crippen molar-refractivity contribution < 1.29 is 18.7 Å². The Kier molecular flexibility index (Phi) is 5.90. The van der Waals surface area contributed by atoms with Crippen molar-refractivity contribution in [2.75, 3.05) is 25.7 Å². The van der Waals surface area contributed by atoms with Crippen molar-refractivity contribution >= 4 is 27.5 Å². The predicted molar refractivity (Wildman–Crippen MR) is 101 cm³/mol. The minimum absolute atomic E-state index is 0.132. The Morgan fingerprint density at radius 1 is 1.35 bits per heavy atom. The van der Waals surface area contributed by atoms with Crippen LogP contribution in [0.1, 0.15) is 16.7 Å². The number of nitrogens with zero attached hydrogens (tertiary/aromatic N) is 1. The second-order valence-electron chi connectivity index (χ2n) is 6.34. The van der Waals surface area contributed by atoms with Crippen LogP contribution in [0, 0.1) is 12.7 Å². The molecule has 0 radical (unpaired) electrons. The van der Waals surface area contributed by atoms with Gasteiger partial charge in [-0.3, -0.25) is 9.69 Å². The number of carbonyl (C=O) groups is 1. The van der Waals surface area contributed by atoms with Crippen LogP contribution in [0.4, 0.5) is 10.1 Å². The summed E-state index contributed by atoms with van der Waals surface area (Å²) in [6.07, 6.45) is 0. The summed E-state index contributed by atoms with van der Waals surface area (Å²) in [7, 11) is 1.81. The molecule has 2 aromatic carbocycles. The number of fused-ring (bicyclic) bond motifs is 1. The molecule has 0 atom stereocenters. The smallest absolute Gasteiger partial charge is 0.238 e. The molecule has 7 heteroatoms. The summed E-state index contributed by atoms with van der Waals surface area (Å²) < 4.78 is 25.5.